The molecule has 0 heterocycles. The molecule has 3 nitrogen and oxygen atoms in total. The van der Waals surface area contributed by atoms with E-state index < -0.39 is 0 Å². The van der Waals surface area contributed by atoms with Crippen LogP contribution in [0.15, 0.2) is 96.1 Å². The second kappa shape index (κ2) is 7.38. The van der Waals surface area contributed by atoms with Crippen molar-refractivity contribution in [3.05, 3.63) is 102 Å². The maximum absolute atomic E-state index is 13.0. The van der Waals surface area contributed by atoms with Crippen LogP contribution in [0.2, 0.25) is 0 Å². The fourth-order valence-electron chi connectivity index (χ4n) is 2.41. The largest absolute Gasteiger partial charge is 0.287 e. The van der Waals surface area contributed by atoms with E-state index in [2.05, 4.69) is 5.10 Å². The molecule has 0 aromatic heterocycles. The maximum Gasteiger partial charge on any atom is 0.213 e. The van der Waals surface area contributed by atoms with Crippen molar-refractivity contribution >= 4 is 17.2 Å². The number of hydrogen-bond donors (Lipinski definition) is 0. The predicted molar refractivity (Wildman–Crippen MR) is 98.6 cm³/mol. The van der Waals surface area contributed by atoms with E-state index in [-0.39, 0.29) is 5.78 Å². The van der Waals surface area contributed by atoms with Crippen LogP contribution in [-0.4, -0.2) is 18.5 Å². The van der Waals surface area contributed by atoms with Gasteiger partial charge in [-0.2, -0.15) is 5.10 Å². The number of ketones is 1. The number of para-hydroxylation sites is 1. The summed E-state index contributed by atoms with van der Waals surface area (Å²) in [5.41, 5.74) is 2.77. The van der Waals surface area contributed by atoms with Crippen molar-refractivity contribution in [2.45, 2.75) is 0 Å². The van der Waals surface area contributed by atoms with Gasteiger partial charge in [0.25, 0.3) is 0 Å². The molecule has 0 spiro atoms. The smallest absolute Gasteiger partial charge is 0.213 e. The van der Waals surface area contributed by atoms with Gasteiger partial charge in [-0.15, -0.1) is 0 Å². The highest BCUT2D eigenvalue weighted by Crippen LogP contribution is 2.15. The van der Waals surface area contributed by atoms with E-state index in [4.69, 9.17) is 0 Å². The molecule has 0 aliphatic rings. The van der Waals surface area contributed by atoms with Crippen LogP contribution >= 0.6 is 0 Å². The average molecular weight is 314 g/mol. The zero-order valence-corrected chi connectivity index (χ0v) is 13.5. The molecule has 0 atom stereocenters. The second-order valence-electron chi connectivity index (χ2n) is 5.37. The molecule has 0 unspecified atom stereocenters. The average Bonchev–Trinajstić information content (AvgIpc) is 2.67. The van der Waals surface area contributed by atoms with Gasteiger partial charge in [0.2, 0.25) is 5.78 Å². The maximum atomic E-state index is 13.0. The fraction of sp³-hybridized carbons (Fsp3) is 0.0476. The molecule has 0 fully saturated rings. The lowest BCUT2D eigenvalue weighted by atomic mass is 10.0. The zero-order valence-electron chi connectivity index (χ0n) is 13.5. The fourth-order valence-corrected chi connectivity index (χ4v) is 2.41. The minimum absolute atomic E-state index is 0.0930. The van der Waals surface area contributed by atoms with Gasteiger partial charge in [0.15, 0.2) is 0 Å². The zero-order chi connectivity index (χ0) is 16.8. The summed E-state index contributed by atoms with van der Waals surface area (Å²) >= 11 is 0. The molecule has 24 heavy (non-hydrogen) atoms. The first-order chi connectivity index (χ1) is 11.8. The predicted octanol–water partition coefficient (Wildman–Crippen LogP) is 4.41. The molecule has 3 heteroatoms. The van der Waals surface area contributed by atoms with Crippen LogP contribution in [0, 0.1) is 0 Å². The molecule has 0 N–H and O–H groups in total. The summed E-state index contributed by atoms with van der Waals surface area (Å²) in [7, 11) is 1.84. The van der Waals surface area contributed by atoms with E-state index in [1.807, 2.05) is 98.0 Å². The van der Waals surface area contributed by atoms with Gasteiger partial charge in [0.05, 0.1) is 5.69 Å². The molecule has 0 aliphatic heterocycles. The highest BCUT2D eigenvalue weighted by atomic mass is 16.1. The summed E-state index contributed by atoms with van der Waals surface area (Å²) < 4.78 is 0. The van der Waals surface area contributed by atoms with Gasteiger partial charge in [0.1, 0.15) is 5.71 Å². The van der Waals surface area contributed by atoms with E-state index in [0.29, 0.717) is 11.3 Å². The van der Waals surface area contributed by atoms with E-state index in [1.54, 1.807) is 5.01 Å². The number of hydrogen-bond acceptors (Lipinski definition) is 3. The van der Waals surface area contributed by atoms with Crippen LogP contribution in [-0.2, 0) is 0 Å². The van der Waals surface area contributed by atoms with Crippen molar-refractivity contribution in [1.82, 2.24) is 0 Å². The molecule has 3 rings (SSSR count). The molecule has 3 aromatic rings. The number of anilines is 1. The van der Waals surface area contributed by atoms with Crippen molar-refractivity contribution in [3.8, 4) is 0 Å². The highest BCUT2D eigenvalue weighted by Gasteiger charge is 2.17. The molecule has 3 aromatic carbocycles. The number of hydrazone groups is 1. The Morgan fingerprint density at radius 1 is 0.708 bits per heavy atom. The number of rotatable bonds is 5. The molecule has 0 radical (unpaired) electrons. The SMILES string of the molecule is CN(/N=C(/C(=O)c1ccccc1)c1ccccc1)c1ccccc1. The van der Waals surface area contributed by atoms with Crippen molar-refractivity contribution in [2.24, 2.45) is 5.10 Å². The third kappa shape index (κ3) is 3.58. The molecular weight excluding hydrogens is 296 g/mol. The monoisotopic (exact) mass is 314 g/mol. The summed E-state index contributed by atoms with van der Waals surface area (Å²) in [4.78, 5) is 13.0. The quantitative estimate of drug-likeness (QED) is 0.397. The van der Waals surface area contributed by atoms with Crippen molar-refractivity contribution in [3.63, 3.8) is 0 Å². The summed E-state index contributed by atoms with van der Waals surface area (Å²) in [6.07, 6.45) is 0. The molecule has 0 saturated heterocycles. The topological polar surface area (TPSA) is 32.7 Å². The van der Waals surface area contributed by atoms with Crippen LogP contribution in [0.25, 0.3) is 0 Å². The minimum Gasteiger partial charge on any atom is -0.287 e. The summed E-state index contributed by atoms with van der Waals surface area (Å²) in [6, 6.07) is 28.5. The summed E-state index contributed by atoms with van der Waals surface area (Å²) in [6.45, 7) is 0. The summed E-state index contributed by atoms with van der Waals surface area (Å²) in [5.74, 6) is -0.0930. The lowest BCUT2D eigenvalue weighted by Crippen LogP contribution is -2.21. The van der Waals surface area contributed by atoms with E-state index >= 15 is 0 Å². The van der Waals surface area contributed by atoms with Crippen LogP contribution in [0.3, 0.4) is 0 Å². The Morgan fingerprint density at radius 3 is 1.71 bits per heavy atom. The summed E-state index contributed by atoms with van der Waals surface area (Å²) in [5, 5.41) is 6.32. The third-order valence-corrected chi connectivity index (χ3v) is 3.68. The normalized spacial score (nSPS) is 11.1. The van der Waals surface area contributed by atoms with E-state index in [1.165, 1.54) is 0 Å². The first-order valence-corrected chi connectivity index (χ1v) is 7.78. The Labute approximate surface area is 141 Å². The van der Waals surface area contributed by atoms with Gasteiger partial charge >= 0.3 is 0 Å². The van der Waals surface area contributed by atoms with Crippen LogP contribution in [0.1, 0.15) is 15.9 Å². The Balaban J connectivity index is 2.03. The van der Waals surface area contributed by atoms with Gasteiger partial charge in [-0.05, 0) is 12.1 Å². The lowest BCUT2D eigenvalue weighted by molar-refractivity contribution is 0.106. The molecule has 118 valence electrons. The van der Waals surface area contributed by atoms with Gasteiger partial charge < -0.3 is 0 Å². The molecule has 0 amide bonds. The second-order valence-corrected chi connectivity index (χ2v) is 5.37. The van der Waals surface area contributed by atoms with Crippen molar-refractivity contribution < 1.29 is 4.79 Å². The Hall–Kier alpha value is -3.20. The first-order valence-electron chi connectivity index (χ1n) is 7.78. The third-order valence-electron chi connectivity index (χ3n) is 3.68. The van der Waals surface area contributed by atoms with Gasteiger partial charge in [-0.3, -0.25) is 9.80 Å². The standard InChI is InChI=1S/C21H18N2O/c1-23(19-15-9-4-10-16-19)22-20(17-11-5-2-6-12-17)21(24)18-13-7-3-8-14-18/h2-16H,1H3/b22-20+. The molecular formula is C21H18N2O. The number of carbonyl (C=O) groups excluding carboxylic acids is 1. The molecule has 0 aliphatic carbocycles. The highest BCUT2D eigenvalue weighted by molar-refractivity contribution is 6.51. The van der Waals surface area contributed by atoms with Crippen LogP contribution < -0.4 is 5.01 Å². The molecule has 0 bridgehead atoms. The van der Waals surface area contributed by atoms with E-state index in [9.17, 15) is 4.79 Å². The number of benzene rings is 3. The Kier molecular flexibility index (Phi) is 4.82. The Bertz CT molecular complexity index is 827. The van der Waals surface area contributed by atoms with Crippen molar-refractivity contribution in [1.29, 1.82) is 0 Å². The Morgan fingerprint density at radius 2 is 1.17 bits per heavy atom. The number of Topliss-reactive ketones (excluding diaryl/α,β-unsaturated/α-hetero) is 1. The van der Waals surface area contributed by atoms with Crippen LogP contribution in [0.5, 0.6) is 0 Å². The van der Waals surface area contributed by atoms with Gasteiger partial charge in [-0.25, -0.2) is 0 Å². The number of carbonyl (C=O) groups is 1. The number of nitrogens with zero attached hydrogens (tertiary/aromatic N) is 2. The van der Waals surface area contributed by atoms with Crippen LogP contribution in [0.4, 0.5) is 5.69 Å². The lowest BCUT2D eigenvalue weighted by Gasteiger charge is -2.15. The minimum atomic E-state index is -0.0930. The van der Waals surface area contributed by atoms with Crippen molar-refractivity contribution in [2.75, 3.05) is 12.1 Å². The molecule has 0 saturated carbocycles. The van der Waals surface area contributed by atoms with E-state index in [0.717, 1.165) is 11.3 Å². The van der Waals surface area contributed by atoms with Gasteiger partial charge in [-0.1, -0.05) is 78.9 Å². The first kappa shape index (κ1) is 15.7. The van der Waals surface area contributed by atoms with Gasteiger partial charge in [0, 0.05) is 18.2 Å².